The first-order valence-electron chi connectivity index (χ1n) is 4.69. The molecule has 4 heteroatoms. The van der Waals surface area contributed by atoms with Gasteiger partial charge in [-0.25, -0.2) is 9.18 Å². The van der Waals surface area contributed by atoms with E-state index in [1.165, 1.54) is 12.1 Å². The lowest BCUT2D eigenvalue weighted by molar-refractivity contribution is -0.136. The minimum absolute atomic E-state index is 0.219. The molecule has 0 radical (unpaired) electrons. The van der Waals surface area contributed by atoms with Crippen molar-refractivity contribution in [2.45, 2.75) is 13.8 Å². The Morgan fingerprint density at radius 3 is 2.88 bits per heavy atom. The van der Waals surface area contributed by atoms with E-state index in [-0.39, 0.29) is 11.6 Å². The van der Waals surface area contributed by atoms with Crippen LogP contribution in [0.15, 0.2) is 12.1 Å². The van der Waals surface area contributed by atoms with Gasteiger partial charge in [-0.05, 0) is 26.0 Å². The van der Waals surface area contributed by atoms with E-state index in [0.717, 1.165) is 0 Å². The van der Waals surface area contributed by atoms with Crippen LogP contribution in [0.3, 0.4) is 0 Å². The maximum Gasteiger partial charge on any atom is 0.384 e. The summed E-state index contributed by atoms with van der Waals surface area (Å²) in [5.41, 5.74) is 0.728. The summed E-state index contributed by atoms with van der Waals surface area (Å²) in [7, 11) is 0. The van der Waals surface area contributed by atoms with Crippen molar-refractivity contribution in [3.8, 4) is 11.8 Å². The topological polar surface area (TPSA) is 26.3 Å². The third-order valence-electron chi connectivity index (χ3n) is 1.89. The first-order valence-corrected chi connectivity index (χ1v) is 5.07. The molecule has 0 aliphatic rings. The van der Waals surface area contributed by atoms with Crippen molar-refractivity contribution in [2.75, 3.05) is 6.61 Å². The number of hydrogen-bond acceptors (Lipinski definition) is 2. The standard InChI is InChI=1S/C12H10ClFO2/c1-3-16-11(15)7-5-9-4-6-10(14)8(2)12(9)13/h4,6H,3H2,1-2H3. The van der Waals surface area contributed by atoms with Crippen molar-refractivity contribution in [3.63, 3.8) is 0 Å². The quantitative estimate of drug-likeness (QED) is 0.557. The van der Waals surface area contributed by atoms with Crippen molar-refractivity contribution in [1.29, 1.82) is 0 Å². The molecule has 0 heterocycles. The van der Waals surface area contributed by atoms with Gasteiger partial charge in [-0.2, -0.15) is 0 Å². The van der Waals surface area contributed by atoms with E-state index in [9.17, 15) is 9.18 Å². The van der Waals surface area contributed by atoms with Gasteiger partial charge in [0.25, 0.3) is 0 Å². The van der Waals surface area contributed by atoms with Gasteiger partial charge in [0, 0.05) is 17.0 Å². The molecule has 0 saturated carbocycles. The Morgan fingerprint density at radius 1 is 1.56 bits per heavy atom. The van der Waals surface area contributed by atoms with Crippen LogP contribution in [0.5, 0.6) is 0 Å². The van der Waals surface area contributed by atoms with Crippen LogP contribution >= 0.6 is 11.6 Å². The highest BCUT2D eigenvalue weighted by molar-refractivity contribution is 6.32. The number of ether oxygens (including phenoxy) is 1. The minimum Gasteiger partial charge on any atom is -0.456 e. The van der Waals surface area contributed by atoms with Crippen LogP contribution in [0.25, 0.3) is 0 Å². The molecule has 0 atom stereocenters. The van der Waals surface area contributed by atoms with E-state index in [0.29, 0.717) is 11.1 Å². The monoisotopic (exact) mass is 240 g/mol. The number of carbonyl (C=O) groups is 1. The Hall–Kier alpha value is -1.53. The second kappa shape index (κ2) is 5.53. The number of esters is 1. The highest BCUT2D eigenvalue weighted by Gasteiger charge is 2.06. The van der Waals surface area contributed by atoms with Gasteiger partial charge < -0.3 is 4.74 Å². The maximum absolute atomic E-state index is 13.1. The van der Waals surface area contributed by atoms with Crippen molar-refractivity contribution < 1.29 is 13.9 Å². The Morgan fingerprint density at radius 2 is 2.25 bits per heavy atom. The Kier molecular flexibility index (Phi) is 4.33. The van der Waals surface area contributed by atoms with Gasteiger partial charge >= 0.3 is 5.97 Å². The van der Waals surface area contributed by atoms with E-state index < -0.39 is 11.8 Å². The molecule has 2 nitrogen and oxygen atoms in total. The van der Waals surface area contributed by atoms with Crippen LogP contribution in [-0.4, -0.2) is 12.6 Å². The minimum atomic E-state index is -0.624. The zero-order valence-electron chi connectivity index (χ0n) is 8.93. The van der Waals surface area contributed by atoms with Gasteiger partial charge in [0.2, 0.25) is 0 Å². The number of benzene rings is 1. The van der Waals surface area contributed by atoms with Crippen molar-refractivity contribution in [3.05, 3.63) is 34.1 Å². The fraction of sp³-hybridized carbons (Fsp3) is 0.250. The molecule has 0 amide bonds. The molecular weight excluding hydrogens is 231 g/mol. The van der Waals surface area contributed by atoms with E-state index in [1.54, 1.807) is 13.8 Å². The van der Waals surface area contributed by atoms with E-state index in [2.05, 4.69) is 16.6 Å². The second-order valence-electron chi connectivity index (χ2n) is 3.00. The van der Waals surface area contributed by atoms with Gasteiger partial charge in [0.05, 0.1) is 11.6 Å². The van der Waals surface area contributed by atoms with Crippen molar-refractivity contribution >= 4 is 17.6 Å². The molecule has 0 aliphatic heterocycles. The summed E-state index contributed by atoms with van der Waals surface area (Å²) in [4.78, 5) is 11.0. The van der Waals surface area contributed by atoms with Gasteiger partial charge in [0.1, 0.15) is 5.82 Å². The summed E-state index contributed by atoms with van der Waals surface area (Å²) >= 11 is 5.86. The summed E-state index contributed by atoms with van der Waals surface area (Å²) in [6.45, 7) is 3.51. The molecule has 0 saturated heterocycles. The average molecular weight is 241 g/mol. The largest absolute Gasteiger partial charge is 0.456 e. The molecule has 84 valence electrons. The van der Waals surface area contributed by atoms with Crippen LogP contribution < -0.4 is 0 Å². The summed E-state index contributed by atoms with van der Waals surface area (Å²) < 4.78 is 17.7. The Bertz CT molecular complexity index is 472. The van der Waals surface area contributed by atoms with Crippen molar-refractivity contribution in [1.82, 2.24) is 0 Å². The highest BCUT2D eigenvalue weighted by Crippen LogP contribution is 2.22. The first kappa shape index (κ1) is 12.5. The molecule has 0 spiro atoms. The van der Waals surface area contributed by atoms with Crippen LogP contribution in [0, 0.1) is 24.6 Å². The van der Waals surface area contributed by atoms with E-state index in [4.69, 9.17) is 11.6 Å². The molecule has 1 aromatic rings. The van der Waals surface area contributed by atoms with Crippen LogP contribution in [0.2, 0.25) is 5.02 Å². The lowest BCUT2D eigenvalue weighted by Crippen LogP contribution is -1.99. The lowest BCUT2D eigenvalue weighted by atomic mass is 10.1. The lowest BCUT2D eigenvalue weighted by Gasteiger charge is -2.01. The molecule has 16 heavy (non-hydrogen) atoms. The van der Waals surface area contributed by atoms with Crippen LogP contribution in [-0.2, 0) is 9.53 Å². The van der Waals surface area contributed by atoms with Gasteiger partial charge in [-0.1, -0.05) is 17.5 Å². The fourth-order valence-corrected chi connectivity index (χ4v) is 1.24. The highest BCUT2D eigenvalue weighted by atomic mass is 35.5. The average Bonchev–Trinajstić information content (AvgIpc) is 2.25. The van der Waals surface area contributed by atoms with Gasteiger partial charge in [-0.3, -0.25) is 0 Å². The Labute approximate surface area is 98.4 Å². The molecule has 0 aliphatic carbocycles. The molecule has 0 N–H and O–H groups in total. The SMILES string of the molecule is CCOC(=O)C#Cc1ccc(F)c(C)c1Cl. The zero-order chi connectivity index (χ0) is 12.1. The van der Waals surface area contributed by atoms with E-state index in [1.807, 2.05) is 0 Å². The normalized spacial score (nSPS) is 9.25. The zero-order valence-corrected chi connectivity index (χ0v) is 9.69. The molecule has 1 rings (SSSR count). The van der Waals surface area contributed by atoms with Crippen molar-refractivity contribution in [2.24, 2.45) is 0 Å². The van der Waals surface area contributed by atoms with Gasteiger partial charge in [-0.15, -0.1) is 0 Å². The third kappa shape index (κ3) is 2.98. The molecular formula is C12H10ClFO2. The number of halogens is 2. The molecule has 0 fully saturated rings. The predicted octanol–water partition coefficient (Wildman–Crippen LogP) is 2.70. The summed E-state index contributed by atoms with van der Waals surface area (Å²) in [6.07, 6.45) is 0. The summed E-state index contributed by atoms with van der Waals surface area (Å²) in [6, 6.07) is 2.69. The first-order chi connectivity index (χ1) is 7.56. The second-order valence-corrected chi connectivity index (χ2v) is 3.38. The van der Waals surface area contributed by atoms with Crippen LogP contribution in [0.4, 0.5) is 4.39 Å². The van der Waals surface area contributed by atoms with Crippen LogP contribution in [0.1, 0.15) is 18.1 Å². The molecule has 0 unspecified atom stereocenters. The summed E-state index contributed by atoms with van der Waals surface area (Å²) in [5.74, 6) is 3.79. The molecule has 0 aromatic heterocycles. The number of carbonyl (C=O) groups excluding carboxylic acids is 1. The molecule has 0 bridgehead atoms. The maximum atomic E-state index is 13.1. The van der Waals surface area contributed by atoms with E-state index >= 15 is 0 Å². The number of rotatable bonds is 1. The Balaban J connectivity index is 2.98. The summed E-state index contributed by atoms with van der Waals surface area (Å²) in [5, 5.41) is 0.219. The molecule has 1 aromatic carbocycles. The number of hydrogen-bond donors (Lipinski definition) is 0. The third-order valence-corrected chi connectivity index (χ3v) is 2.38. The smallest absolute Gasteiger partial charge is 0.384 e. The predicted molar refractivity (Wildman–Crippen MR) is 59.7 cm³/mol. The van der Waals surface area contributed by atoms with Gasteiger partial charge in [0.15, 0.2) is 0 Å². The fourth-order valence-electron chi connectivity index (χ4n) is 1.04.